The van der Waals surface area contributed by atoms with Crippen LogP contribution < -0.4 is 14.8 Å². The highest BCUT2D eigenvalue weighted by molar-refractivity contribution is 6.31. The van der Waals surface area contributed by atoms with Crippen molar-refractivity contribution < 1.29 is 14.3 Å². The zero-order valence-electron chi connectivity index (χ0n) is 15.1. The van der Waals surface area contributed by atoms with Crippen molar-refractivity contribution in [2.75, 3.05) is 20.3 Å². The molecule has 4 nitrogen and oxygen atoms in total. The number of carbonyl (C=O) groups is 1. The summed E-state index contributed by atoms with van der Waals surface area (Å²) in [5, 5.41) is 3.29. The molecule has 25 heavy (non-hydrogen) atoms. The van der Waals surface area contributed by atoms with Gasteiger partial charge in [0, 0.05) is 5.02 Å². The molecule has 0 saturated heterocycles. The van der Waals surface area contributed by atoms with Crippen LogP contribution >= 0.6 is 11.6 Å². The first-order valence-electron chi connectivity index (χ1n) is 8.16. The lowest BCUT2D eigenvalue weighted by Gasteiger charge is -2.19. The Hall–Kier alpha value is -2.20. The van der Waals surface area contributed by atoms with Crippen LogP contribution in [0.3, 0.4) is 0 Å². The molecule has 0 aliphatic rings. The fraction of sp³-hybridized carbons (Fsp3) is 0.350. The number of ether oxygens (including phenoxy) is 2. The minimum Gasteiger partial charge on any atom is -0.496 e. The number of carbonyl (C=O) groups excluding carboxylic acids is 1. The topological polar surface area (TPSA) is 47.6 Å². The number of amides is 1. The highest BCUT2D eigenvalue weighted by atomic mass is 35.5. The molecule has 0 spiro atoms. The number of rotatable bonds is 6. The van der Waals surface area contributed by atoms with Crippen molar-refractivity contribution in [2.45, 2.75) is 26.2 Å². The van der Waals surface area contributed by atoms with Gasteiger partial charge < -0.3 is 14.8 Å². The molecule has 0 bridgehead atoms. The van der Waals surface area contributed by atoms with Crippen molar-refractivity contribution in [3.63, 3.8) is 0 Å². The number of methoxy groups -OCH3 is 1. The van der Waals surface area contributed by atoms with E-state index in [9.17, 15) is 4.79 Å². The molecule has 0 aliphatic carbocycles. The molecule has 5 heteroatoms. The SMILES string of the molecule is COc1ccc(Cl)cc1C(=O)NCCOc1ccc(C(C)(C)C)cc1. The lowest BCUT2D eigenvalue weighted by atomic mass is 9.87. The van der Waals surface area contributed by atoms with Crippen molar-refractivity contribution in [1.29, 1.82) is 0 Å². The maximum Gasteiger partial charge on any atom is 0.255 e. The van der Waals surface area contributed by atoms with Gasteiger partial charge in [0.2, 0.25) is 0 Å². The molecular weight excluding hydrogens is 338 g/mol. The van der Waals surface area contributed by atoms with Gasteiger partial charge in [-0.25, -0.2) is 0 Å². The second-order valence-electron chi connectivity index (χ2n) is 6.72. The van der Waals surface area contributed by atoms with Crippen LogP contribution in [0.2, 0.25) is 5.02 Å². The average Bonchev–Trinajstić information content (AvgIpc) is 2.58. The van der Waals surface area contributed by atoms with E-state index in [4.69, 9.17) is 21.1 Å². The van der Waals surface area contributed by atoms with E-state index in [-0.39, 0.29) is 11.3 Å². The summed E-state index contributed by atoms with van der Waals surface area (Å²) in [6.45, 7) is 7.27. The number of benzene rings is 2. The Bertz CT molecular complexity index is 721. The van der Waals surface area contributed by atoms with Crippen LogP contribution in [0.1, 0.15) is 36.7 Å². The van der Waals surface area contributed by atoms with E-state index in [0.29, 0.717) is 29.5 Å². The quantitative estimate of drug-likeness (QED) is 0.773. The summed E-state index contributed by atoms with van der Waals surface area (Å²) in [6, 6.07) is 13.0. The van der Waals surface area contributed by atoms with Gasteiger partial charge in [-0.2, -0.15) is 0 Å². The lowest BCUT2D eigenvalue weighted by molar-refractivity contribution is 0.0944. The van der Waals surface area contributed by atoms with E-state index in [1.807, 2.05) is 12.1 Å². The predicted molar refractivity (Wildman–Crippen MR) is 101 cm³/mol. The summed E-state index contributed by atoms with van der Waals surface area (Å²) in [6.07, 6.45) is 0. The average molecular weight is 362 g/mol. The van der Waals surface area contributed by atoms with Crippen LogP contribution in [0.4, 0.5) is 0 Å². The molecule has 0 aromatic heterocycles. The van der Waals surface area contributed by atoms with E-state index >= 15 is 0 Å². The standard InChI is InChI=1S/C20H24ClNO3/c1-20(2,3)14-5-8-16(9-6-14)25-12-11-22-19(23)17-13-15(21)7-10-18(17)24-4/h5-10,13H,11-12H2,1-4H3,(H,22,23). The number of nitrogens with one attached hydrogen (secondary N) is 1. The third-order valence-electron chi connectivity index (χ3n) is 3.78. The summed E-state index contributed by atoms with van der Waals surface area (Å²) in [7, 11) is 1.52. The first-order chi connectivity index (χ1) is 11.8. The maximum atomic E-state index is 12.2. The van der Waals surface area contributed by atoms with Crippen molar-refractivity contribution in [2.24, 2.45) is 0 Å². The summed E-state index contributed by atoms with van der Waals surface area (Å²) in [4.78, 5) is 12.2. The van der Waals surface area contributed by atoms with Gasteiger partial charge in [-0.15, -0.1) is 0 Å². The predicted octanol–water partition coefficient (Wildman–Crippen LogP) is 4.45. The normalized spacial score (nSPS) is 11.1. The van der Waals surface area contributed by atoms with Crippen molar-refractivity contribution in [3.05, 3.63) is 58.6 Å². The Kier molecular flexibility index (Phi) is 6.32. The van der Waals surface area contributed by atoms with Gasteiger partial charge in [0.05, 0.1) is 19.2 Å². The van der Waals surface area contributed by atoms with Crippen LogP contribution in [0.15, 0.2) is 42.5 Å². The second-order valence-corrected chi connectivity index (χ2v) is 7.16. The van der Waals surface area contributed by atoms with Gasteiger partial charge in [0.25, 0.3) is 5.91 Å². The largest absolute Gasteiger partial charge is 0.496 e. The molecule has 0 heterocycles. The minimum atomic E-state index is -0.244. The minimum absolute atomic E-state index is 0.114. The molecule has 0 unspecified atom stereocenters. The molecule has 1 N–H and O–H groups in total. The number of hydrogen-bond acceptors (Lipinski definition) is 3. The third-order valence-corrected chi connectivity index (χ3v) is 4.02. The van der Waals surface area contributed by atoms with Crippen LogP contribution in [0, 0.1) is 0 Å². The molecule has 134 valence electrons. The van der Waals surface area contributed by atoms with E-state index in [1.165, 1.54) is 12.7 Å². The fourth-order valence-electron chi connectivity index (χ4n) is 2.34. The number of halogens is 1. The Balaban J connectivity index is 1.85. The van der Waals surface area contributed by atoms with E-state index in [1.54, 1.807) is 18.2 Å². The smallest absolute Gasteiger partial charge is 0.255 e. The fourth-order valence-corrected chi connectivity index (χ4v) is 2.51. The second kappa shape index (κ2) is 8.26. The first kappa shape index (κ1) is 19.1. The van der Waals surface area contributed by atoms with Gasteiger partial charge in [-0.05, 0) is 41.3 Å². The van der Waals surface area contributed by atoms with Crippen molar-refractivity contribution in [3.8, 4) is 11.5 Å². The molecule has 2 aromatic carbocycles. The van der Waals surface area contributed by atoms with Gasteiger partial charge in [-0.1, -0.05) is 44.5 Å². The molecule has 0 saturated carbocycles. The Morgan fingerprint density at radius 2 is 1.80 bits per heavy atom. The van der Waals surface area contributed by atoms with Crippen LogP contribution in [-0.2, 0) is 5.41 Å². The van der Waals surface area contributed by atoms with E-state index in [0.717, 1.165) is 5.75 Å². The van der Waals surface area contributed by atoms with Crippen molar-refractivity contribution in [1.82, 2.24) is 5.32 Å². The molecule has 0 atom stereocenters. The molecule has 0 fully saturated rings. The summed E-state index contributed by atoms with van der Waals surface area (Å²) >= 11 is 5.94. The van der Waals surface area contributed by atoms with Crippen LogP contribution in [-0.4, -0.2) is 26.2 Å². The molecule has 0 aliphatic heterocycles. The Morgan fingerprint density at radius 1 is 1.12 bits per heavy atom. The third kappa shape index (κ3) is 5.40. The van der Waals surface area contributed by atoms with Gasteiger partial charge >= 0.3 is 0 Å². The Morgan fingerprint density at radius 3 is 2.40 bits per heavy atom. The lowest BCUT2D eigenvalue weighted by Crippen LogP contribution is -2.28. The maximum absolute atomic E-state index is 12.2. The summed E-state index contributed by atoms with van der Waals surface area (Å²) in [5.41, 5.74) is 1.77. The van der Waals surface area contributed by atoms with Crippen LogP contribution in [0.5, 0.6) is 11.5 Å². The zero-order valence-corrected chi connectivity index (χ0v) is 15.8. The molecule has 2 aromatic rings. The van der Waals surface area contributed by atoms with Gasteiger partial charge in [0.15, 0.2) is 0 Å². The zero-order chi connectivity index (χ0) is 18.4. The van der Waals surface area contributed by atoms with Gasteiger partial charge in [-0.3, -0.25) is 4.79 Å². The van der Waals surface area contributed by atoms with Gasteiger partial charge in [0.1, 0.15) is 18.1 Å². The first-order valence-corrected chi connectivity index (χ1v) is 8.54. The van der Waals surface area contributed by atoms with Crippen LogP contribution in [0.25, 0.3) is 0 Å². The molecular formula is C20H24ClNO3. The molecule has 2 rings (SSSR count). The van der Waals surface area contributed by atoms with Crippen molar-refractivity contribution >= 4 is 17.5 Å². The Labute approximate surface area is 154 Å². The van der Waals surface area contributed by atoms with E-state index in [2.05, 4.69) is 38.2 Å². The highest BCUT2D eigenvalue weighted by Gasteiger charge is 2.14. The summed E-state index contributed by atoms with van der Waals surface area (Å²) in [5.74, 6) is 1.02. The molecule has 1 amide bonds. The summed E-state index contributed by atoms with van der Waals surface area (Å²) < 4.78 is 10.9. The number of hydrogen-bond donors (Lipinski definition) is 1. The van der Waals surface area contributed by atoms with E-state index < -0.39 is 0 Å². The molecule has 0 radical (unpaired) electrons. The highest BCUT2D eigenvalue weighted by Crippen LogP contribution is 2.24. The monoisotopic (exact) mass is 361 g/mol.